The van der Waals surface area contributed by atoms with Crippen molar-refractivity contribution in [3.05, 3.63) is 53.8 Å². The average Bonchev–Trinajstić information content (AvgIpc) is 3.22. The van der Waals surface area contributed by atoms with Crippen LogP contribution >= 0.6 is 0 Å². The Labute approximate surface area is 238 Å². The Kier molecular flexibility index (Phi) is 8.16. The summed E-state index contributed by atoms with van der Waals surface area (Å²) in [5, 5.41) is 8.91. The Balaban J connectivity index is 1.62. The second-order valence-corrected chi connectivity index (χ2v) is 19.3. The normalized spacial score (nSPS) is 15.7. The first-order valence-electron chi connectivity index (χ1n) is 13.6. The van der Waals surface area contributed by atoms with Crippen LogP contribution in [0.3, 0.4) is 0 Å². The molecule has 1 saturated heterocycles. The lowest BCUT2D eigenvalue weighted by molar-refractivity contribution is 0.0820. The number of benzene rings is 2. The smallest absolute Gasteiger partial charge is 0.211 e. The summed E-state index contributed by atoms with van der Waals surface area (Å²) in [4.78, 5) is 4.70. The van der Waals surface area contributed by atoms with Gasteiger partial charge in [-0.15, -0.1) is 0 Å². The summed E-state index contributed by atoms with van der Waals surface area (Å²) in [5.74, 6) is -1.81. The Morgan fingerprint density at radius 1 is 1.05 bits per heavy atom. The van der Waals surface area contributed by atoms with Crippen molar-refractivity contribution in [1.82, 2.24) is 19.1 Å². The van der Waals surface area contributed by atoms with E-state index < -0.39 is 35.5 Å². The topological polar surface area (TPSA) is 89.4 Å². The van der Waals surface area contributed by atoms with Crippen LogP contribution < -0.4 is 5.32 Å². The molecule has 5 rings (SSSR count). The molecule has 0 radical (unpaired) electrons. The molecule has 0 bridgehead atoms. The van der Waals surface area contributed by atoms with Gasteiger partial charge in [0.2, 0.25) is 10.0 Å². The molecule has 0 atom stereocenters. The fraction of sp³-hybridized carbons (Fsp3) is 0.429. The third kappa shape index (κ3) is 6.42. The van der Waals surface area contributed by atoms with Gasteiger partial charge in [-0.1, -0.05) is 25.7 Å². The number of ether oxygens (including phenoxy) is 1. The molecule has 1 N–H and O–H groups in total. The van der Waals surface area contributed by atoms with Gasteiger partial charge in [0, 0.05) is 44.6 Å². The maximum Gasteiger partial charge on any atom is 0.211 e. The van der Waals surface area contributed by atoms with E-state index in [0.29, 0.717) is 54.8 Å². The van der Waals surface area contributed by atoms with Gasteiger partial charge in [-0.3, -0.25) is 0 Å². The summed E-state index contributed by atoms with van der Waals surface area (Å²) in [7, 11) is -4.63. The third-order valence-electron chi connectivity index (χ3n) is 7.32. The van der Waals surface area contributed by atoms with E-state index in [1.165, 1.54) is 28.8 Å². The number of hydrogen-bond acceptors (Lipinski definition) is 6. The summed E-state index contributed by atoms with van der Waals surface area (Å²) >= 11 is 0. The number of piperidine rings is 1. The minimum atomic E-state index is -3.29. The Hall–Kier alpha value is -3.00. The monoisotopic (exact) mass is 605 g/mol. The number of nitrogens with one attached hydrogen (secondary N) is 1. The molecule has 1 fully saturated rings. The van der Waals surface area contributed by atoms with E-state index >= 15 is 0 Å². The van der Waals surface area contributed by atoms with Crippen molar-refractivity contribution in [3.63, 3.8) is 0 Å². The molecule has 0 amide bonds. The molecule has 3 heterocycles. The molecule has 0 saturated carbocycles. The van der Waals surface area contributed by atoms with Crippen LogP contribution in [0.5, 0.6) is 0 Å². The second kappa shape index (κ2) is 11.3. The molecule has 0 aliphatic carbocycles. The maximum absolute atomic E-state index is 15.0. The molecule has 1 aliphatic heterocycles. The fourth-order valence-electron chi connectivity index (χ4n) is 5.08. The lowest BCUT2D eigenvalue weighted by atomic mass is 10.0. The van der Waals surface area contributed by atoms with Gasteiger partial charge in [0.1, 0.15) is 29.7 Å². The highest BCUT2D eigenvalue weighted by atomic mass is 32.2. The maximum atomic E-state index is 15.0. The van der Waals surface area contributed by atoms with Gasteiger partial charge in [-0.05, 0) is 49.2 Å². The molecule has 13 heteroatoms. The summed E-state index contributed by atoms with van der Waals surface area (Å²) in [6, 6.07) is 8.47. The van der Waals surface area contributed by atoms with E-state index in [-0.39, 0.29) is 29.4 Å². The Morgan fingerprint density at radius 2 is 1.73 bits per heavy atom. The van der Waals surface area contributed by atoms with Gasteiger partial charge >= 0.3 is 0 Å². The van der Waals surface area contributed by atoms with Crippen molar-refractivity contribution in [2.24, 2.45) is 0 Å². The second-order valence-electron chi connectivity index (χ2n) is 11.7. The zero-order valence-electron chi connectivity index (χ0n) is 23.5. The first-order valence-corrected chi connectivity index (χ1v) is 19.1. The lowest BCUT2D eigenvalue weighted by Crippen LogP contribution is -2.41. The van der Waals surface area contributed by atoms with Crippen LogP contribution in [0.25, 0.3) is 33.1 Å². The van der Waals surface area contributed by atoms with Crippen LogP contribution in [0.1, 0.15) is 12.8 Å². The van der Waals surface area contributed by atoms with E-state index in [2.05, 4.69) is 25.0 Å². The Bertz CT molecular complexity index is 1680. The summed E-state index contributed by atoms with van der Waals surface area (Å²) in [6.07, 6.45) is 2.28. The number of nitrogens with zero attached hydrogens (tertiary/aromatic N) is 4. The van der Waals surface area contributed by atoms with Gasteiger partial charge in [0.05, 0.1) is 23.0 Å². The number of aromatic nitrogens is 3. The van der Waals surface area contributed by atoms with Crippen molar-refractivity contribution >= 4 is 45.7 Å². The highest BCUT2D eigenvalue weighted by molar-refractivity contribution is 7.88. The van der Waals surface area contributed by atoms with E-state index in [0.717, 1.165) is 18.2 Å². The molecular formula is C28H34F3N5O3SSi. The van der Waals surface area contributed by atoms with Gasteiger partial charge in [-0.25, -0.2) is 35.6 Å². The molecule has 2 aromatic carbocycles. The van der Waals surface area contributed by atoms with E-state index in [9.17, 15) is 21.6 Å². The SMILES string of the molecule is C[Si](C)(C)CCOCn1nc(NC2CCN(S(C)(=O)=O)CC2)c2nc(-c3c(F)cccc3F)c3cc(F)ccc3c21. The van der Waals surface area contributed by atoms with Crippen LogP contribution in [0.2, 0.25) is 25.7 Å². The number of rotatable bonds is 9. The van der Waals surface area contributed by atoms with Crippen LogP contribution in [0.15, 0.2) is 36.4 Å². The average molecular weight is 606 g/mol. The first-order chi connectivity index (χ1) is 19.3. The molecule has 8 nitrogen and oxygen atoms in total. The van der Waals surface area contributed by atoms with Crippen molar-refractivity contribution < 1.29 is 26.3 Å². The number of halogens is 3. The number of hydrogen-bond donors (Lipinski definition) is 1. The van der Waals surface area contributed by atoms with Gasteiger partial charge in [0.25, 0.3) is 0 Å². The number of sulfonamides is 1. The summed E-state index contributed by atoms with van der Waals surface area (Å²) in [6.45, 7) is 8.13. The van der Waals surface area contributed by atoms with E-state index in [4.69, 9.17) is 14.8 Å². The highest BCUT2D eigenvalue weighted by Gasteiger charge is 2.28. The predicted octanol–water partition coefficient (Wildman–Crippen LogP) is 5.82. The molecular weight excluding hydrogens is 571 g/mol. The van der Waals surface area contributed by atoms with E-state index in [1.807, 2.05) is 0 Å². The van der Waals surface area contributed by atoms with Gasteiger partial charge in [-0.2, -0.15) is 5.10 Å². The van der Waals surface area contributed by atoms with Crippen molar-refractivity contribution in [3.8, 4) is 11.3 Å². The molecule has 0 spiro atoms. The van der Waals surface area contributed by atoms with Crippen molar-refractivity contribution in [2.45, 2.75) is 51.3 Å². The molecule has 220 valence electrons. The summed E-state index contributed by atoms with van der Waals surface area (Å²) < 4.78 is 77.5. The van der Waals surface area contributed by atoms with Gasteiger partial charge in [0.15, 0.2) is 5.82 Å². The highest BCUT2D eigenvalue weighted by Crippen LogP contribution is 2.38. The zero-order chi connectivity index (χ0) is 29.5. The largest absolute Gasteiger partial charge is 0.364 e. The number of fused-ring (bicyclic) bond motifs is 3. The van der Waals surface area contributed by atoms with Crippen molar-refractivity contribution in [2.75, 3.05) is 31.3 Å². The molecule has 1 aliphatic rings. The van der Waals surface area contributed by atoms with E-state index in [1.54, 1.807) is 10.7 Å². The van der Waals surface area contributed by atoms with Crippen LogP contribution in [0, 0.1) is 17.5 Å². The number of anilines is 1. The zero-order valence-corrected chi connectivity index (χ0v) is 25.4. The third-order valence-corrected chi connectivity index (χ3v) is 10.3. The predicted molar refractivity (Wildman–Crippen MR) is 158 cm³/mol. The molecule has 4 aromatic rings. The fourth-order valence-corrected chi connectivity index (χ4v) is 6.71. The Morgan fingerprint density at radius 3 is 2.37 bits per heavy atom. The van der Waals surface area contributed by atoms with Crippen molar-refractivity contribution in [1.29, 1.82) is 0 Å². The quantitative estimate of drug-likeness (QED) is 0.191. The molecule has 41 heavy (non-hydrogen) atoms. The minimum absolute atomic E-state index is 0.0308. The van der Waals surface area contributed by atoms with Crippen LogP contribution in [-0.4, -0.2) is 67.6 Å². The minimum Gasteiger partial charge on any atom is -0.364 e. The molecule has 0 unspecified atom stereocenters. The van der Waals surface area contributed by atoms with Crippen LogP contribution in [0.4, 0.5) is 19.0 Å². The first kappa shape index (κ1) is 29.5. The van der Waals surface area contributed by atoms with Gasteiger partial charge < -0.3 is 10.1 Å². The standard InChI is InChI=1S/C28H34F3N5O3SSi/c1-40(37,38)35-12-10-19(11-13-35)32-28-26-27(36(34-28)17-39-14-15-41(2,3)4)20-9-8-18(29)16-21(20)25(33-26)24-22(30)6-5-7-23(24)31/h5-9,16,19H,10-15,17H2,1-4H3,(H,32,34). The lowest BCUT2D eigenvalue weighted by Gasteiger charge is -2.30. The van der Waals surface area contributed by atoms with Crippen LogP contribution in [-0.2, 0) is 21.5 Å². The molecule has 2 aromatic heterocycles. The summed E-state index contributed by atoms with van der Waals surface area (Å²) in [5.41, 5.74) is 0.527. The number of pyridine rings is 1.